The molecule has 3 amide bonds. The minimum absolute atomic E-state index is 0.0126. The van der Waals surface area contributed by atoms with Crippen molar-refractivity contribution in [2.45, 2.75) is 37.8 Å². The van der Waals surface area contributed by atoms with Crippen molar-refractivity contribution in [2.24, 2.45) is 0 Å². The van der Waals surface area contributed by atoms with Gasteiger partial charge in [-0.1, -0.05) is 18.2 Å². The van der Waals surface area contributed by atoms with Gasteiger partial charge < -0.3 is 19.9 Å². The highest BCUT2D eigenvalue weighted by Gasteiger charge is 2.54. The molecule has 7 nitrogen and oxygen atoms in total. The first-order valence-electron chi connectivity index (χ1n) is 10.1. The number of ether oxygens (including phenoxy) is 2. The fourth-order valence-corrected chi connectivity index (χ4v) is 4.30. The minimum atomic E-state index is -1.08. The number of urea groups is 1. The molecule has 30 heavy (non-hydrogen) atoms. The third-order valence-electron chi connectivity index (χ3n) is 5.77. The average molecular weight is 410 g/mol. The van der Waals surface area contributed by atoms with Crippen LogP contribution in [0.2, 0.25) is 0 Å². The van der Waals surface area contributed by atoms with E-state index >= 15 is 0 Å². The van der Waals surface area contributed by atoms with Gasteiger partial charge in [-0.2, -0.15) is 0 Å². The number of β-amino-alcohol motifs (C(OH)–C–C–N with tert-alkyl or cyclic N) is 1. The summed E-state index contributed by atoms with van der Waals surface area (Å²) in [6.07, 6.45) is 1.14. The maximum absolute atomic E-state index is 13.3. The Hall–Kier alpha value is -3.06. The van der Waals surface area contributed by atoms with E-state index in [0.29, 0.717) is 12.2 Å². The molecule has 2 N–H and O–H groups in total. The van der Waals surface area contributed by atoms with E-state index in [4.69, 9.17) is 9.47 Å². The van der Waals surface area contributed by atoms with Gasteiger partial charge in [-0.15, -0.1) is 0 Å². The van der Waals surface area contributed by atoms with E-state index in [2.05, 4.69) is 5.32 Å². The second-order valence-electron chi connectivity index (χ2n) is 7.91. The molecule has 2 aliphatic rings. The van der Waals surface area contributed by atoms with Crippen molar-refractivity contribution in [1.29, 1.82) is 0 Å². The summed E-state index contributed by atoms with van der Waals surface area (Å²) in [4.78, 5) is 27.1. The van der Waals surface area contributed by atoms with E-state index < -0.39 is 17.7 Å². The van der Waals surface area contributed by atoms with Gasteiger partial charge in [-0.25, -0.2) is 4.79 Å². The smallest absolute Gasteiger partial charge is 0.325 e. The van der Waals surface area contributed by atoms with Crippen molar-refractivity contribution in [2.75, 3.05) is 20.3 Å². The molecule has 2 aromatic rings. The van der Waals surface area contributed by atoms with Crippen LogP contribution in [0.4, 0.5) is 4.79 Å². The molecule has 1 aliphatic carbocycles. The number of methoxy groups -OCH3 is 1. The maximum Gasteiger partial charge on any atom is 0.325 e. The van der Waals surface area contributed by atoms with Crippen LogP contribution in [0, 0.1) is 6.92 Å². The molecule has 2 atom stereocenters. The highest BCUT2D eigenvalue weighted by molar-refractivity contribution is 6.07. The SMILES string of the molecule is COc1ccc2c(c1)CCCC21NC(=O)N(CC(O)COc2cccc(C)c2)C1=O. The second kappa shape index (κ2) is 7.99. The highest BCUT2D eigenvalue weighted by atomic mass is 16.5. The van der Waals surface area contributed by atoms with E-state index in [1.54, 1.807) is 19.2 Å². The van der Waals surface area contributed by atoms with Gasteiger partial charge in [0.25, 0.3) is 5.91 Å². The zero-order valence-corrected chi connectivity index (χ0v) is 17.2. The number of nitrogens with one attached hydrogen (secondary N) is 1. The van der Waals surface area contributed by atoms with Crippen molar-refractivity contribution < 1.29 is 24.2 Å². The zero-order chi connectivity index (χ0) is 21.3. The van der Waals surface area contributed by atoms with Gasteiger partial charge in [0.05, 0.1) is 13.7 Å². The van der Waals surface area contributed by atoms with Crippen LogP contribution in [0.15, 0.2) is 42.5 Å². The molecule has 1 saturated heterocycles. The first-order valence-corrected chi connectivity index (χ1v) is 10.1. The summed E-state index contributed by atoms with van der Waals surface area (Å²) in [6, 6.07) is 12.6. The molecular formula is C23H26N2O5. The number of nitrogens with zero attached hydrogens (tertiary/aromatic N) is 1. The van der Waals surface area contributed by atoms with Crippen LogP contribution in [0.3, 0.4) is 0 Å². The number of aliphatic hydroxyl groups is 1. The Bertz CT molecular complexity index is 976. The summed E-state index contributed by atoms with van der Waals surface area (Å²) in [7, 11) is 1.60. The van der Waals surface area contributed by atoms with Gasteiger partial charge in [0.15, 0.2) is 0 Å². The molecule has 0 aromatic heterocycles. The monoisotopic (exact) mass is 410 g/mol. The number of hydrogen-bond donors (Lipinski definition) is 2. The molecule has 1 heterocycles. The average Bonchev–Trinajstić information content (AvgIpc) is 2.97. The Kier molecular flexibility index (Phi) is 5.39. The Morgan fingerprint density at radius 1 is 1.20 bits per heavy atom. The second-order valence-corrected chi connectivity index (χ2v) is 7.91. The number of carbonyl (C=O) groups is 2. The molecule has 0 radical (unpaired) electrons. The third-order valence-corrected chi connectivity index (χ3v) is 5.77. The first-order chi connectivity index (χ1) is 14.4. The van der Waals surface area contributed by atoms with Crippen LogP contribution < -0.4 is 14.8 Å². The number of aryl methyl sites for hydroxylation is 2. The highest BCUT2D eigenvalue weighted by Crippen LogP contribution is 2.41. The fourth-order valence-electron chi connectivity index (χ4n) is 4.30. The summed E-state index contributed by atoms with van der Waals surface area (Å²) in [5, 5.41) is 13.3. The number of fused-ring (bicyclic) bond motifs is 2. The fraction of sp³-hybridized carbons (Fsp3) is 0.391. The number of imide groups is 1. The van der Waals surface area contributed by atoms with Crippen LogP contribution in [0.25, 0.3) is 0 Å². The predicted molar refractivity (Wildman–Crippen MR) is 111 cm³/mol. The molecule has 7 heteroatoms. The molecular weight excluding hydrogens is 384 g/mol. The van der Waals surface area contributed by atoms with Crippen LogP contribution in [-0.2, 0) is 16.8 Å². The van der Waals surface area contributed by atoms with Gasteiger partial charge in [0.2, 0.25) is 0 Å². The summed E-state index contributed by atoms with van der Waals surface area (Å²) < 4.78 is 10.9. The molecule has 1 aliphatic heterocycles. The predicted octanol–water partition coefficient (Wildman–Crippen LogP) is 2.53. The van der Waals surface area contributed by atoms with Gasteiger partial charge in [-0.3, -0.25) is 9.69 Å². The summed E-state index contributed by atoms with van der Waals surface area (Å²) in [6.45, 7) is 1.82. The van der Waals surface area contributed by atoms with Crippen LogP contribution >= 0.6 is 0 Å². The lowest BCUT2D eigenvalue weighted by molar-refractivity contribution is -0.133. The van der Waals surface area contributed by atoms with E-state index in [9.17, 15) is 14.7 Å². The van der Waals surface area contributed by atoms with E-state index in [0.717, 1.165) is 40.2 Å². The summed E-state index contributed by atoms with van der Waals surface area (Å²) in [5.74, 6) is 1.04. The Morgan fingerprint density at radius 2 is 2.03 bits per heavy atom. The standard InChI is InChI=1S/C23H26N2O5/c1-15-5-3-7-19(11-15)30-14-17(26)13-25-21(27)23(24-22(25)28)10-4-6-16-12-18(29-2)8-9-20(16)23/h3,5,7-9,11-12,17,26H,4,6,10,13-14H2,1-2H3,(H,24,28). The van der Waals surface area contributed by atoms with Crippen LogP contribution in [0.5, 0.6) is 11.5 Å². The van der Waals surface area contributed by atoms with Gasteiger partial charge in [-0.05, 0) is 67.1 Å². The summed E-state index contributed by atoms with van der Waals surface area (Å²) in [5.41, 5.74) is 1.78. The molecule has 1 fully saturated rings. The van der Waals surface area contributed by atoms with Crippen molar-refractivity contribution in [3.05, 3.63) is 59.2 Å². The number of carbonyl (C=O) groups excluding carboxylic acids is 2. The van der Waals surface area contributed by atoms with Crippen molar-refractivity contribution in [3.63, 3.8) is 0 Å². The van der Waals surface area contributed by atoms with Gasteiger partial charge in [0, 0.05) is 0 Å². The molecule has 2 unspecified atom stereocenters. The molecule has 158 valence electrons. The Labute approximate surface area is 175 Å². The lowest BCUT2D eigenvalue weighted by atomic mass is 9.76. The van der Waals surface area contributed by atoms with E-state index in [1.165, 1.54) is 0 Å². The normalized spacial score (nSPS) is 21.4. The molecule has 1 spiro atoms. The lowest BCUT2D eigenvalue weighted by Gasteiger charge is -2.33. The topological polar surface area (TPSA) is 88.1 Å². The first kappa shape index (κ1) is 20.2. The Balaban J connectivity index is 1.48. The largest absolute Gasteiger partial charge is 0.497 e. The van der Waals surface area contributed by atoms with Crippen LogP contribution in [-0.4, -0.2) is 48.3 Å². The van der Waals surface area contributed by atoms with Crippen molar-refractivity contribution in [1.82, 2.24) is 10.2 Å². The number of rotatable bonds is 6. The number of benzene rings is 2. The Morgan fingerprint density at radius 3 is 2.80 bits per heavy atom. The number of hydrogen-bond acceptors (Lipinski definition) is 5. The minimum Gasteiger partial charge on any atom is -0.497 e. The number of aliphatic hydroxyl groups excluding tert-OH is 1. The van der Waals surface area contributed by atoms with Crippen molar-refractivity contribution in [3.8, 4) is 11.5 Å². The summed E-state index contributed by atoms with van der Waals surface area (Å²) >= 11 is 0. The lowest BCUT2D eigenvalue weighted by Crippen LogP contribution is -2.47. The maximum atomic E-state index is 13.3. The van der Waals surface area contributed by atoms with Crippen molar-refractivity contribution >= 4 is 11.9 Å². The quantitative estimate of drug-likeness (QED) is 0.715. The molecule has 2 aromatic carbocycles. The van der Waals surface area contributed by atoms with Gasteiger partial charge in [0.1, 0.15) is 29.7 Å². The van der Waals surface area contributed by atoms with E-state index in [1.807, 2.05) is 37.3 Å². The molecule has 4 rings (SSSR count). The number of amides is 3. The molecule has 0 bridgehead atoms. The van der Waals surface area contributed by atoms with Crippen LogP contribution in [0.1, 0.15) is 29.5 Å². The van der Waals surface area contributed by atoms with E-state index in [-0.39, 0.29) is 19.1 Å². The molecule has 0 saturated carbocycles. The third kappa shape index (κ3) is 3.61. The zero-order valence-electron chi connectivity index (χ0n) is 17.2. The van der Waals surface area contributed by atoms with Gasteiger partial charge >= 0.3 is 6.03 Å².